The first-order valence-corrected chi connectivity index (χ1v) is 6.95. The van der Waals surface area contributed by atoms with Crippen LogP contribution in [0.1, 0.15) is 30.1 Å². The van der Waals surface area contributed by atoms with E-state index in [9.17, 15) is 9.18 Å². The molecule has 3 nitrogen and oxygen atoms in total. The van der Waals surface area contributed by atoms with Gasteiger partial charge in [-0.2, -0.15) is 0 Å². The molecule has 1 aliphatic rings. The fraction of sp³-hybridized carbons (Fsp3) is 0.267. The number of rotatable bonds is 2. The first kappa shape index (κ1) is 13.2. The molecule has 0 aliphatic heterocycles. The normalized spacial score (nSPS) is 17.6. The van der Waals surface area contributed by atoms with Gasteiger partial charge in [0.05, 0.1) is 16.8 Å². The number of aryl methyl sites for hydroxylation is 1. The number of pyridine rings is 1. The van der Waals surface area contributed by atoms with Crippen LogP contribution in [0.25, 0.3) is 0 Å². The number of halogens is 2. The molecule has 0 fully saturated rings. The van der Waals surface area contributed by atoms with Crippen LogP contribution in [0.5, 0.6) is 0 Å². The third kappa shape index (κ3) is 2.43. The maximum atomic E-state index is 13.9. The van der Waals surface area contributed by atoms with E-state index in [1.807, 2.05) is 6.07 Å². The van der Waals surface area contributed by atoms with Crippen molar-refractivity contribution in [3.05, 3.63) is 62.8 Å². The molecule has 1 unspecified atom stereocenters. The number of nitrogens with one attached hydrogen (secondary N) is 2. The van der Waals surface area contributed by atoms with Gasteiger partial charge in [0.15, 0.2) is 5.82 Å². The molecule has 1 atom stereocenters. The smallest absolute Gasteiger partial charge is 0.248 e. The zero-order valence-electron chi connectivity index (χ0n) is 10.7. The monoisotopic (exact) mass is 292 g/mol. The van der Waals surface area contributed by atoms with Crippen molar-refractivity contribution in [3.63, 3.8) is 0 Å². The first-order valence-electron chi connectivity index (χ1n) is 6.58. The first-order chi connectivity index (χ1) is 9.65. The molecule has 5 heteroatoms. The molecule has 1 aromatic heterocycles. The summed E-state index contributed by atoms with van der Waals surface area (Å²) in [7, 11) is 0. The number of aromatic amines is 1. The standard InChI is InChI=1S/C15H14ClFN2O/c16-10-3-1-6-13(15(10)17)18-11-4-2-5-12-9(11)7-8-14(20)19-12/h1,3,6-8,11,18H,2,4-5H2,(H,19,20). The zero-order chi connectivity index (χ0) is 14.1. The molecule has 1 aromatic carbocycles. The maximum absolute atomic E-state index is 13.9. The summed E-state index contributed by atoms with van der Waals surface area (Å²) in [5.41, 5.74) is 2.25. The van der Waals surface area contributed by atoms with Gasteiger partial charge in [-0.15, -0.1) is 0 Å². The molecule has 2 aromatic rings. The molecule has 0 saturated heterocycles. The van der Waals surface area contributed by atoms with E-state index in [0.717, 1.165) is 30.5 Å². The summed E-state index contributed by atoms with van der Waals surface area (Å²) in [6.45, 7) is 0. The number of fused-ring (bicyclic) bond motifs is 1. The Morgan fingerprint density at radius 2 is 2.15 bits per heavy atom. The molecular formula is C15H14ClFN2O. The summed E-state index contributed by atoms with van der Waals surface area (Å²) in [5, 5.41) is 3.29. The van der Waals surface area contributed by atoms with Crippen molar-refractivity contribution in [3.8, 4) is 0 Å². The maximum Gasteiger partial charge on any atom is 0.248 e. The average Bonchev–Trinajstić information content (AvgIpc) is 2.44. The van der Waals surface area contributed by atoms with Crippen molar-refractivity contribution < 1.29 is 4.39 Å². The van der Waals surface area contributed by atoms with Crippen LogP contribution in [0.2, 0.25) is 5.02 Å². The summed E-state index contributed by atoms with van der Waals surface area (Å²) in [5.74, 6) is -0.439. The molecule has 0 radical (unpaired) electrons. The van der Waals surface area contributed by atoms with E-state index in [4.69, 9.17) is 11.6 Å². The summed E-state index contributed by atoms with van der Waals surface area (Å²) in [6.07, 6.45) is 2.69. The number of aromatic nitrogens is 1. The number of anilines is 1. The van der Waals surface area contributed by atoms with Crippen molar-refractivity contribution in [2.24, 2.45) is 0 Å². The average molecular weight is 293 g/mol. The van der Waals surface area contributed by atoms with Crippen LogP contribution in [-0.2, 0) is 6.42 Å². The van der Waals surface area contributed by atoms with Crippen LogP contribution < -0.4 is 10.9 Å². The highest BCUT2D eigenvalue weighted by Crippen LogP contribution is 2.32. The van der Waals surface area contributed by atoms with E-state index in [1.54, 1.807) is 12.1 Å². The van der Waals surface area contributed by atoms with Crippen molar-refractivity contribution >= 4 is 17.3 Å². The van der Waals surface area contributed by atoms with E-state index in [0.29, 0.717) is 5.69 Å². The Balaban J connectivity index is 1.93. The van der Waals surface area contributed by atoms with Crippen molar-refractivity contribution in [1.29, 1.82) is 0 Å². The van der Waals surface area contributed by atoms with Crippen LogP contribution in [-0.4, -0.2) is 4.98 Å². The van der Waals surface area contributed by atoms with Crippen LogP contribution in [0.3, 0.4) is 0 Å². The topological polar surface area (TPSA) is 44.9 Å². The lowest BCUT2D eigenvalue weighted by Crippen LogP contribution is -2.22. The van der Waals surface area contributed by atoms with E-state index < -0.39 is 5.82 Å². The number of hydrogen-bond acceptors (Lipinski definition) is 2. The minimum Gasteiger partial charge on any atom is -0.376 e. The Morgan fingerprint density at radius 1 is 1.30 bits per heavy atom. The third-order valence-electron chi connectivity index (χ3n) is 3.61. The molecule has 0 bridgehead atoms. The summed E-state index contributed by atoms with van der Waals surface area (Å²) >= 11 is 5.79. The summed E-state index contributed by atoms with van der Waals surface area (Å²) in [4.78, 5) is 14.2. The highest BCUT2D eigenvalue weighted by molar-refractivity contribution is 6.31. The number of H-pyrrole nitrogens is 1. The lowest BCUT2D eigenvalue weighted by Gasteiger charge is -2.27. The van der Waals surface area contributed by atoms with Gasteiger partial charge in [0.2, 0.25) is 5.56 Å². The highest BCUT2D eigenvalue weighted by atomic mass is 35.5. The third-order valence-corrected chi connectivity index (χ3v) is 3.91. The Hall–Kier alpha value is -1.81. The van der Waals surface area contributed by atoms with Gasteiger partial charge in [-0.1, -0.05) is 17.7 Å². The van der Waals surface area contributed by atoms with E-state index >= 15 is 0 Å². The minimum atomic E-state index is -0.439. The molecule has 0 spiro atoms. The molecule has 0 amide bonds. The highest BCUT2D eigenvalue weighted by Gasteiger charge is 2.21. The van der Waals surface area contributed by atoms with Crippen molar-refractivity contribution in [2.45, 2.75) is 25.3 Å². The second-order valence-corrected chi connectivity index (χ2v) is 5.35. The largest absolute Gasteiger partial charge is 0.376 e. The van der Waals surface area contributed by atoms with Gasteiger partial charge in [-0.25, -0.2) is 4.39 Å². The quantitative estimate of drug-likeness (QED) is 0.887. The molecule has 1 aliphatic carbocycles. The van der Waals surface area contributed by atoms with Gasteiger partial charge < -0.3 is 10.3 Å². The summed E-state index contributed by atoms with van der Waals surface area (Å²) in [6, 6.07) is 8.21. The number of hydrogen-bond donors (Lipinski definition) is 2. The molecule has 104 valence electrons. The summed E-state index contributed by atoms with van der Waals surface area (Å²) < 4.78 is 13.9. The Morgan fingerprint density at radius 3 is 3.00 bits per heavy atom. The van der Waals surface area contributed by atoms with Gasteiger partial charge >= 0.3 is 0 Å². The Bertz CT molecular complexity index is 699. The van der Waals surface area contributed by atoms with E-state index in [2.05, 4.69) is 10.3 Å². The minimum absolute atomic E-state index is 0.0106. The molecule has 3 rings (SSSR count). The Kier molecular flexibility index (Phi) is 3.49. The van der Waals surface area contributed by atoms with Gasteiger partial charge in [0.1, 0.15) is 0 Å². The fourth-order valence-corrected chi connectivity index (χ4v) is 2.83. The lowest BCUT2D eigenvalue weighted by atomic mass is 9.91. The van der Waals surface area contributed by atoms with Crippen molar-refractivity contribution in [1.82, 2.24) is 4.98 Å². The lowest BCUT2D eigenvalue weighted by molar-refractivity contribution is 0.576. The molecular weight excluding hydrogens is 279 g/mol. The number of benzene rings is 1. The molecule has 2 N–H and O–H groups in total. The molecule has 20 heavy (non-hydrogen) atoms. The van der Waals surface area contributed by atoms with Crippen LogP contribution in [0, 0.1) is 5.82 Å². The van der Waals surface area contributed by atoms with E-state index in [-0.39, 0.29) is 16.6 Å². The van der Waals surface area contributed by atoms with Gasteiger partial charge in [0.25, 0.3) is 0 Å². The van der Waals surface area contributed by atoms with E-state index in [1.165, 1.54) is 12.1 Å². The fourth-order valence-electron chi connectivity index (χ4n) is 2.65. The van der Waals surface area contributed by atoms with Gasteiger partial charge in [0, 0.05) is 11.8 Å². The van der Waals surface area contributed by atoms with Crippen LogP contribution >= 0.6 is 11.6 Å². The van der Waals surface area contributed by atoms with Crippen LogP contribution in [0.4, 0.5) is 10.1 Å². The molecule has 1 heterocycles. The van der Waals surface area contributed by atoms with Crippen molar-refractivity contribution in [2.75, 3.05) is 5.32 Å². The second kappa shape index (κ2) is 5.29. The Labute approximate surface area is 120 Å². The zero-order valence-corrected chi connectivity index (χ0v) is 11.5. The molecule has 0 saturated carbocycles. The van der Waals surface area contributed by atoms with Crippen LogP contribution in [0.15, 0.2) is 35.1 Å². The predicted molar refractivity (Wildman–Crippen MR) is 77.8 cm³/mol. The second-order valence-electron chi connectivity index (χ2n) is 4.95. The van der Waals surface area contributed by atoms with Gasteiger partial charge in [-0.05, 0) is 43.0 Å². The predicted octanol–water partition coefficient (Wildman–Crippen LogP) is 3.66. The SMILES string of the molecule is O=c1ccc2c([nH]1)CCCC2Nc1cccc(Cl)c1F. The van der Waals surface area contributed by atoms with Gasteiger partial charge in [-0.3, -0.25) is 4.79 Å².